The molecule has 0 radical (unpaired) electrons. The number of aromatic hydroxyl groups is 2. The van der Waals surface area contributed by atoms with E-state index in [0.717, 1.165) is 0 Å². The maximum Gasteiger partial charge on any atom is 0.210 e. The van der Waals surface area contributed by atoms with E-state index in [2.05, 4.69) is 0 Å². The highest BCUT2D eigenvalue weighted by molar-refractivity contribution is 5.80. The third-order valence-electron chi connectivity index (χ3n) is 5.13. The number of fused-ring (bicyclic) bond motifs is 1. The Labute approximate surface area is 174 Å². The first-order valence-electron chi connectivity index (χ1n) is 9.36. The van der Waals surface area contributed by atoms with Crippen molar-refractivity contribution in [3.63, 3.8) is 0 Å². The Balaban J connectivity index is 1.68. The Morgan fingerprint density at radius 2 is 1.71 bits per heavy atom. The molecule has 5 unspecified atom stereocenters. The van der Waals surface area contributed by atoms with E-state index < -0.39 is 37.3 Å². The number of rotatable bonds is 4. The monoisotopic (exact) mass is 432 g/mol. The molecule has 5 atom stereocenters. The number of phenolic OH excluding ortho intramolecular Hbond substituents is 2. The molecule has 31 heavy (non-hydrogen) atoms. The van der Waals surface area contributed by atoms with Crippen LogP contribution in [-0.2, 0) is 4.74 Å². The van der Waals surface area contributed by atoms with Gasteiger partial charge in [0.1, 0.15) is 23.2 Å². The van der Waals surface area contributed by atoms with Crippen molar-refractivity contribution in [2.75, 3.05) is 6.61 Å². The molecule has 0 aliphatic carbocycles. The van der Waals surface area contributed by atoms with Crippen molar-refractivity contribution in [2.45, 2.75) is 24.8 Å². The summed E-state index contributed by atoms with van der Waals surface area (Å²) in [5.74, 6) is -1.43. The van der Waals surface area contributed by atoms with Crippen LogP contribution < -0.4 is 10.2 Å². The normalized spacial score (nSPS) is 26.1. The molecular weight excluding hydrogens is 412 g/mol. The molecule has 10 nitrogen and oxygen atoms in total. The predicted molar refractivity (Wildman–Crippen MR) is 105 cm³/mol. The zero-order chi connectivity index (χ0) is 22.3. The number of phenols is 2. The molecule has 0 amide bonds. The molecule has 4 rings (SSSR count). The van der Waals surface area contributed by atoms with Gasteiger partial charge in [-0.25, -0.2) is 0 Å². The van der Waals surface area contributed by atoms with Gasteiger partial charge < -0.3 is 44.5 Å². The maximum atomic E-state index is 12.5. The second-order valence-corrected chi connectivity index (χ2v) is 7.18. The van der Waals surface area contributed by atoms with E-state index in [0.29, 0.717) is 5.56 Å². The topological polar surface area (TPSA) is 170 Å². The van der Waals surface area contributed by atoms with Crippen LogP contribution in [0.5, 0.6) is 17.2 Å². The third kappa shape index (κ3) is 3.94. The summed E-state index contributed by atoms with van der Waals surface area (Å²) in [5, 5.41) is 58.4. The van der Waals surface area contributed by atoms with Crippen LogP contribution in [0.25, 0.3) is 22.3 Å². The van der Waals surface area contributed by atoms with E-state index in [4.69, 9.17) is 13.9 Å². The Morgan fingerprint density at radius 3 is 2.42 bits per heavy atom. The standard InChI is InChI=1S/C21H20O10/c22-8-12-18(26)19(27)20(28)31-21(12)29-10-2-3-11-14(24)7-16(30-17(11)6-10)9-1-4-13(23)15(25)5-9/h1-7,12,18-23,25-28H,8H2. The highest BCUT2D eigenvalue weighted by Crippen LogP contribution is 2.33. The van der Waals surface area contributed by atoms with E-state index in [1.807, 2.05) is 0 Å². The van der Waals surface area contributed by atoms with Crippen LogP contribution in [0, 0.1) is 5.92 Å². The smallest absolute Gasteiger partial charge is 0.210 e. The third-order valence-corrected chi connectivity index (χ3v) is 5.13. The van der Waals surface area contributed by atoms with Crippen LogP contribution in [0.15, 0.2) is 51.7 Å². The van der Waals surface area contributed by atoms with Crippen molar-refractivity contribution < 1.29 is 44.5 Å². The van der Waals surface area contributed by atoms with E-state index in [-0.39, 0.29) is 39.4 Å². The molecule has 0 saturated carbocycles. The van der Waals surface area contributed by atoms with Crippen molar-refractivity contribution >= 4 is 11.0 Å². The van der Waals surface area contributed by atoms with Crippen LogP contribution in [-0.4, -0.2) is 62.0 Å². The average Bonchev–Trinajstić information content (AvgIpc) is 2.74. The van der Waals surface area contributed by atoms with Crippen molar-refractivity contribution in [1.29, 1.82) is 0 Å². The largest absolute Gasteiger partial charge is 0.504 e. The van der Waals surface area contributed by atoms with Gasteiger partial charge in [0, 0.05) is 17.7 Å². The zero-order valence-corrected chi connectivity index (χ0v) is 16.0. The molecule has 2 aromatic carbocycles. The molecular formula is C21H20O10. The first-order chi connectivity index (χ1) is 14.8. The van der Waals surface area contributed by atoms with Gasteiger partial charge in [0.25, 0.3) is 0 Å². The van der Waals surface area contributed by atoms with Crippen molar-refractivity contribution in [3.8, 4) is 28.6 Å². The molecule has 1 aromatic heterocycles. The maximum absolute atomic E-state index is 12.5. The van der Waals surface area contributed by atoms with E-state index >= 15 is 0 Å². The fourth-order valence-corrected chi connectivity index (χ4v) is 3.37. The lowest BCUT2D eigenvalue weighted by Crippen LogP contribution is -2.57. The minimum absolute atomic E-state index is 0.140. The van der Waals surface area contributed by atoms with Crippen LogP contribution in [0.4, 0.5) is 0 Å². The predicted octanol–water partition coefficient (Wildman–Crippen LogP) is 0.255. The number of hydrogen-bond acceptors (Lipinski definition) is 10. The summed E-state index contributed by atoms with van der Waals surface area (Å²) >= 11 is 0. The van der Waals surface area contributed by atoms with Gasteiger partial charge in [-0.2, -0.15) is 0 Å². The van der Waals surface area contributed by atoms with Crippen molar-refractivity contribution in [2.24, 2.45) is 5.92 Å². The highest BCUT2D eigenvalue weighted by atomic mass is 16.7. The van der Waals surface area contributed by atoms with E-state index in [1.165, 1.54) is 42.5 Å². The fraction of sp³-hybridized carbons (Fsp3) is 0.286. The number of hydrogen-bond donors (Lipinski definition) is 6. The van der Waals surface area contributed by atoms with Crippen LogP contribution in [0.1, 0.15) is 0 Å². The van der Waals surface area contributed by atoms with E-state index in [1.54, 1.807) is 0 Å². The summed E-state index contributed by atoms with van der Waals surface area (Å²) in [4.78, 5) is 12.5. The summed E-state index contributed by atoms with van der Waals surface area (Å²) in [6.45, 7) is -0.577. The second kappa shape index (κ2) is 8.17. The molecule has 0 bridgehead atoms. The first kappa shape index (κ1) is 21.1. The van der Waals surface area contributed by atoms with Crippen molar-refractivity contribution in [3.05, 3.63) is 52.7 Å². The molecule has 1 aliphatic heterocycles. The van der Waals surface area contributed by atoms with Gasteiger partial charge in [-0.1, -0.05) is 0 Å². The van der Waals surface area contributed by atoms with Gasteiger partial charge in [0.15, 0.2) is 23.2 Å². The first-order valence-corrected chi connectivity index (χ1v) is 9.36. The summed E-state index contributed by atoms with van der Waals surface area (Å²) in [6, 6.07) is 9.51. The number of aliphatic hydroxyl groups is 4. The second-order valence-electron chi connectivity index (χ2n) is 7.18. The highest BCUT2D eigenvalue weighted by Gasteiger charge is 2.44. The lowest BCUT2D eigenvalue weighted by Gasteiger charge is -2.39. The van der Waals surface area contributed by atoms with Gasteiger partial charge in [-0.05, 0) is 30.3 Å². The molecule has 1 saturated heterocycles. The Bertz CT molecular complexity index is 1160. The lowest BCUT2D eigenvalue weighted by atomic mass is 9.94. The summed E-state index contributed by atoms with van der Waals surface area (Å²) in [5.41, 5.74) is 0.147. The number of benzene rings is 2. The average molecular weight is 432 g/mol. The van der Waals surface area contributed by atoms with Gasteiger partial charge in [0.05, 0.1) is 24.0 Å². The Morgan fingerprint density at radius 1 is 0.935 bits per heavy atom. The quantitative estimate of drug-likeness (QED) is 0.314. The van der Waals surface area contributed by atoms with Crippen LogP contribution in [0.2, 0.25) is 0 Å². The summed E-state index contributed by atoms with van der Waals surface area (Å²) < 4.78 is 16.5. The summed E-state index contributed by atoms with van der Waals surface area (Å²) in [6.07, 6.45) is -6.07. The fourth-order valence-electron chi connectivity index (χ4n) is 3.37. The molecule has 1 fully saturated rings. The lowest BCUT2D eigenvalue weighted by molar-refractivity contribution is -0.312. The molecule has 1 aliphatic rings. The molecule has 0 spiro atoms. The van der Waals surface area contributed by atoms with Gasteiger partial charge in [-0.15, -0.1) is 0 Å². The van der Waals surface area contributed by atoms with Gasteiger partial charge in [0.2, 0.25) is 6.29 Å². The van der Waals surface area contributed by atoms with Crippen LogP contribution >= 0.6 is 0 Å². The molecule has 10 heteroatoms. The molecule has 3 aromatic rings. The number of ether oxygens (including phenoxy) is 2. The Kier molecular flexibility index (Phi) is 5.56. The molecule has 2 heterocycles. The molecule has 6 N–H and O–H groups in total. The minimum atomic E-state index is -1.71. The Hall–Kier alpha value is -3.15. The van der Waals surface area contributed by atoms with Gasteiger partial charge >= 0.3 is 0 Å². The van der Waals surface area contributed by atoms with Crippen molar-refractivity contribution in [1.82, 2.24) is 0 Å². The molecule has 164 valence electrons. The van der Waals surface area contributed by atoms with Crippen LogP contribution in [0.3, 0.4) is 0 Å². The minimum Gasteiger partial charge on any atom is -0.504 e. The van der Waals surface area contributed by atoms with Gasteiger partial charge in [-0.3, -0.25) is 4.79 Å². The summed E-state index contributed by atoms with van der Waals surface area (Å²) in [7, 11) is 0. The van der Waals surface area contributed by atoms with E-state index in [9.17, 15) is 35.4 Å². The number of aliphatic hydroxyl groups excluding tert-OH is 4. The zero-order valence-electron chi connectivity index (χ0n) is 16.0. The SMILES string of the molecule is O=c1cc(-c2ccc(O)c(O)c2)oc2cc(OC3OC(O)C(O)C(O)C3CO)ccc12.